The van der Waals surface area contributed by atoms with Crippen molar-refractivity contribution in [2.45, 2.75) is 13.0 Å². The summed E-state index contributed by atoms with van der Waals surface area (Å²) in [6, 6.07) is 11.8. The Kier molecular flexibility index (Phi) is 3.59. The van der Waals surface area contributed by atoms with Crippen LogP contribution in [0.3, 0.4) is 0 Å². The van der Waals surface area contributed by atoms with Gasteiger partial charge in [0.1, 0.15) is 12.4 Å². The third-order valence-electron chi connectivity index (χ3n) is 2.41. The number of hydrogen-bond donors (Lipinski definition) is 1. The van der Waals surface area contributed by atoms with Crippen LogP contribution >= 0.6 is 11.3 Å². The van der Waals surface area contributed by atoms with Gasteiger partial charge in [0.15, 0.2) is 0 Å². The second-order valence-corrected chi connectivity index (χ2v) is 4.65. The highest BCUT2D eigenvalue weighted by Gasteiger charge is 2.10. The number of benzene rings is 1. The zero-order valence-electron chi connectivity index (χ0n) is 9.22. The summed E-state index contributed by atoms with van der Waals surface area (Å²) in [5, 5.41) is 2.06. The average Bonchev–Trinajstić information content (AvgIpc) is 2.74. The minimum absolute atomic E-state index is 0.0415. The van der Waals surface area contributed by atoms with Gasteiger partial charge >= 0.3 is 0 Å². The van der Waals surface area contributed by atoms with Crippen LogP contribution in [0, 0.1) is 6.92 Å². The van der Waals surface area contributed by atoms with E-state index in [1.54, 1.807) is 11.3 Å². The number of thiophene rings is 1. The second-order valence-electron chi connectivity index (χ2n) is 3.70. The third-order valence-corrected chi connectivity index (χ3v) is 3.56. The molecule has 0 aliphatic heterocycles. The number of para-hydroxylation sites is 1. The van der Waals surface area contributed by atoms with E-state index in [-0.39, 0.29) is 6.04 Å². The molecule has 1 atom stereocenters. The molecule has 0 spiro atoms. The Morgan fingerprint density at radius 1 is 1.25 bits per heavy atom. The average molecular weight is 233 g/mol. The fourth-order valence-corrected chi connectivity index (χ4v) is 2.46. The molecule has 1 aromatic heterocycles. The lowest BCUT2D eigenvalue weighted by Gasteiger charge is -2.12. The van der Waals surface area contributed by atoms with Crippen LogP contribution in [0.4, 0.5) is 0 Å². The molecular formula is C13H15NOS. The molecule has 84 valence electrons. The first-order valence-electron chi connectivity index (χ1n) is 5.25. The Morgan fingerprint density at radius 2 is 2.00 bits per heavy atom. The first-order valence-corrected chi connectivity index (χ1v) is 6.13. The van der Waals surface area contributed by atoms with Crippen molar-refractivity contribution in [1.82, 2.24) is 0 Å². The van der Waals surface area contributed by atoms with Crippen LogP contribution in [0.1, 0.15) is 16.5 Å². The van der Waals surface area contributed by atoms with Crippen LogP contribution < -0.4 is 10.5 Å². The zero-order chi connectivity index (χ0) is 11.4. The highest BCUT2D eigenvalue weighted by molar-refractivity contribution is 7.10. The fraction of sp³-hybridized carbons (Fsp3) is 0.231. The normalized spacial score (nSPS) is 12.4. The Bertz CT molecular complexity index is 438. The van der Waals surface area contributed by atoms with E-state index in [2.05, 4.69) is 18.4 Å². The monoisotopic (exact) mass is 233 g/mol. The van der Waals surface area contributed by atoms with E-state index in [9.17, 15) is 0 Å². The van der Waals surface area contributed by atoms with Gasteiger partial charge in [-0.1, -0.05) is 18.2 Å². The molecule has 1 unspecified atom stereocenters. The summed E-state index contributed by atoms with van der Waals surface area (Å²) in [4.78, 5) is 1.20. The van der Waals surface area contributed by atoms with Crippen molar-refractivity contribution >= 4 is 11.3 Å². The number of ether oxygens (including phenoxy) is 1. The van der Waals surface area contributed by atoms with Crippen LogP contribution in [0.2, 0.25) is 0 Å². The topological polar surface area (TPSA) is 35.2 Å². The quantitative estimate of drug-likeness (QED) is 0.880. The maximum Gasteiger partial charge on any atom is 0.119 e. The van der Waals surface area contributed by atoms with Gasteiger partial charge in [0.25, 0.3) is 0 Å². The summed E-state index contributed by atoms with van der Waals surface area (Å²) in [5.41, 5.74) is 7.32. The predicted molar refractivity (Wildman–Crippen MR) is 67.9 cm³/mol. The van der Waals surface area contributed by atoms with E-state index in [1.165, 1.54) is 10.4 Å². The Labute approximate surface area is 99.7 Å². The summed E-state index contributed by atoms with van der Waals surface area (Å²) < 4.78 is 5.63. The van der Waals surface area contributed by atoms with E-state index in [1.807, 2.05) is 30.3 Å². The molecule has 0 bridgehead atoms. The molecule has 3 heteroatoms. The first kappa shape index (κ1) is 11.2. The summed E-state index contributed by atoms with van der Waals surface area (Å²) in [6.45, 7) is 2.60. The van der Waals surface area contributed by atoms with Crippen molar-refractivity contribution in [2.75, 3.05) is 6.61 Å². The molecule has 0 aliphatic carbocycles. The largest absolute Gasteiger partial charge is 0.492 e. The fourth-order valence-electron chi connectivity index (χ4n) is 1.54. The first-order chi connectivity index (χ1) is 7.77. The van der Waals surface area contributed by atoms with E-state index in [0.29, 0.717) is 6.61 Å². The van der Waals surface area contributed by atoms with E-state index < -0.39 is 0 Å². The molecule has 2 N–H and O–H groups in total. The van der Waals surface area contributed by atoms with Gasteiger partial charge in [0, 0.05) is 4.88 Å². The zero-order valence-corrected chi connectivity index (χ0v) is 10.0. The Hall–Kier alpha value is -1.32. The van der Waals surface area contributed by atoms with Crippen LogP contribution in [0.25, 0.3) is 0 Å². The van der Waals surface area contributed by atoms with Crippen LogP contribution in [0.15, 0.2) is 41.8 Å². The summed E-state index contributed by atoms with van der Waals surface area (Å²) in [7, 11) is 0. The van der Waals surface area contributed by atoms with E-state index in [0.717, 1.165) is 5.75 Å². The van der Waals surface area contributed by atoms with Gasteiger partial charge in [0.05, 0.1) is 6.04 Å². The lowest BCUT2D eigenvalue weighted by Crippen LogP contribution is -2.18. The lowest BCUT2D eigenvalue weighted by atomic mass is 10.2. The standard InChI is InChI=1S/C13H15NOS/c1-10-7-8-16-13(10)12(14)9-15-11-5-3-2-4-6-11/h2-8,12H,9,14H2,1H3. The SMILES string of the molecule is Cc1ccsc1C(N)COc1ccccc1. The maximum atomic E-state index is 6.07. The van der Waals surface area contributed by atoms with Gasteiger partial charge in [-0.25, -0.2) is 0 Å². The van der Waals surface area contributed by atoms with Gasteiger partial charge < -0.3 is 10.5 Å². The second kappa shape index (κ2) is 5.14. The van der Waals surface area contributed by atoms with Gasteiger partial charge in [-0.05, 0) is 36.1 Å². The van der Waals surface area contributed by atoms with Crippen molar-refractivity contribution in [3.8, 4) is 5.75 Å². The molecule has 16 heavy (non-hydrogen) atoms. The van der Waals surface area contributed by atoms with Gasteiger partial charge in [0.2, 0.25) is 0 Å². The number of rotatable bonds is 4. The third kappa shape index (κ3) is 2.62. The van der Waals surface area contributed by atoms with E-state index in [4.69, 9.17) is 10.5 Å². The molecule has 1 aromatic carbocycles. The molecule has 0 aliphatic rings. The van der Waals surface area contributed by atoms with Crippen LogP contribution in [-0.4, -0.2) is 6.61 Å². The molecule has 2 rings (SSSR count). The van der Waals surface area contributed by atoms with Crippen molar-refractivity contribution in [3.63, 3.8) is 0 Å². The molecule has 0 amide bonds. The van der Waals surface area contributed by atoms with Crippen molar-refractivity contribution in [1.29, 1.82) is 0 Å². The summed E-state index contributed by atoms with van der Waals surface area (Å²) >= 11 is 1.69. The summed E-state index contributed by atoms with van der Waals surface area (Å²) in [5.74, 6) is 0.868. The molecule has 2 aromatic rings. The van der Waals surface area contributed by atoms with Gasteiger partial charge in [-0.15, -0.1) is 11.3 Å². The molecule has 0 radical (unpaired) electrons. The molecule has 0 fully saturated rings. The van der Waals surface area contributed by atoms with Crippen LogP contribution in [-0.2, 0) is 0 Å². The van der Waals surface area contributed by atoms with Crippen molar-refractivity contribution < 1.29 is 4.74 Å². The molecule has 0 saturated heterocycles. The Morgan fingerprint density at radius 3 is 2.62 bits per heavy atom. The maximum absolute atomic E-state index is 6.07. The minimum Gasteiger partial charge on any atom is -0.492 e. The molecule has 0 saturated carbocycles. The summed E-state index contributed by atoms with van der Waals surface area (Å²) in [6.07, 6.45) is 0. The van der Waals surface area contributed by atoms with E-state index >= 15 is 0 Å². The lowest BCUT2D eigenvalue weighted by molar-refractivity contribution is 0.292. The number of nitrogens with two attached hydrogens (primary N) is 1. The minimum atomic E-state index is -0.0415. The smallest absolute Gasteiger partial charge is 0.119 e. The van der Waals surface area contributed by atoms with Gasteiger partial charge in [-0.2, -0.15) is 0 Å². The molecule has 2 nitrogen and oxygen atoms in total. The Balaban J connectivity index is 1.94. The molecular weight excluding hydrogens is 218 g/mol. The molecule has 1 heterocycles. The van der Waals surface area contributed by atoms with Crippen molar-refractivity contribution in [2.24, 2.45) is 5.73 Å². The highest BCUT2D eigenvalue weighted by atomic mass is 32.1. The highest BCUT2D eigenvalue weighted by Crippen LogP contribution is 2.22. The predicted octanol–water partition coefficient (Wildman–Crippen LogP) is 3.14. The van der Waals surface area contributed by atoms with Gasteiger partial charge in [-0.3, -0.25) is 0 Å². The van der Waals surface area contributed by atoms with Crippen molar-refractivity contribution in [3.05, 3.63) is 52.2 Å². The number of hydrogen-bond acceptors (Lipinski definition) is 3. The van der Waals surface area contributed by atoms with Crippen LogP contribution in [0.5, 0.6) is 5.75 Å². The number of aryl methyl sites for hydroxylation is 1.